The first kappa shape index (κ1) is 18.5. The largest absolute Gasteiger partial charge is 0.497 e. The van der Waals surface area contributed by atoms with Gasteiger partial charge in [0.05, 0.1) is 26.9 Å². The highest BCUT2D eigenvalue weighted by Gasteiger charge is 2.22. The SMILES string of the molecule is COc1ccc(S(=O)(=O)NCC(O)c2ccc3c(c2)CCO3)c(OC)c1. The summed E-state index contributed by atoms with van der Waals surface area (Å²) in [6.07, 6.45) is -0.190. The summed E-state index contributed by atoms with van der Waals surface area (Å²) in [6.45, 7) is 0.468. The predicted octanol–water partition coefficient (Wildman–Crippen LogP) is 1.65. The van der Waals surface area contributed by atoms with E-state index in [-0.39, 0.29) is 17.2 Å². The number of rotatable bonds is 7. The van der Waals surface area contributed by atoms with Gasteiger partial charge in [-0.05, 0) is 35.4 Å². The van der Waals surface area contributed by atoms with E-state index >= 15 is 0 Å². The van der Waals surface area contributed by atoms with E-state index in [4.69, 9.17) is 14.2 Å². The van der Waals surface area contributed by atoms with Crippen LogP contribution in [0.25, 0.3) is 0 Å². The lowest BCUT2D eigenvalue weighted by molar-refractivity contribution is 0.182. The van der Waals surface area contributed by atoms with Crippen LogP contribution in [0.1, 0.15) is 17.2 Å². The number of nitrogens with one attached hydrogen (secondary N) is 1. The molecule has 1 heterocycles. The number of aliphatic hydroxyl groups excluding tert-OH is 1. The molecular formula is C18H21NO6S. The lowest BCUT2D eigenvalue weighted by Crippen LogP contribution is -2.29. The second kappa shape index (κ2) is 7.53. The normalized spacial score (nSPS) is 14.4. The first-order valence-corrected chi connectivity index (χ1v) is 9.58. The van der Waals surface area contributed by atoms with E-state index in [2.05, 4.69) is 4.72 Å². The van der Waals surface area contributed by atoms with Crippen molar-refractivity contribution < 1.29 is 27.7 Å². The van der Waals surface area contributed by atoms with Crippen molar-refractivity contribution in [2.75, 3.05) is 27.4 Å². The van der Waals surface area contributed by atoms with Crippen molar-refractivity contribution in [1.82, 2.24) is 4.72 Å². The standard InChI is InChI=1S/C18H21NO6S/c1-23-14-4-6-18(17(10-14)24-2)26(21,22)19-11-15(20)12-3-5-16-13(9-12)7-8-25-16/h3-6,9-10,15,19-20H,7-8,11H2,1-2H3. The number of aliphatic hydroxyl groups is 1. The van der Waals surface area contributed by atoms with Crippen molar-refractivity contribution in [3.05, 3.63) is 47.5 Å². The van der Waals surface area contributed by atoms with Gasteiger partial charge in [0.25, 0.3) is 0 Å². The highest BCUT2D eigenvalue weighted by atomic mass is 32.2. The van der Waals surface area contributed by atoms with Gasteiger partial charge in [0.1, 0.15) is 22.1 Å². The predicted molar refractivity (Wildman–Crippen MR) is 95.3 cm³/mol. The van der Waals surface area contributed by atoms with Gasteiger partial charge in [0.15, 0.2) is 0 Å². The molecule has 0 aromatic heterocycles. The summed E-state index contributed by atoms with van der Waals surface area (Å²) in [5.74, 6) is 1.46. The molecule has 2 aromatic rings. The Balaban J connectivity index is 1.74. The maximum absolute atomic E-state index is 12.6. The highest BCUT2D eigenvalue weighted by Crippen LogP contribution is 2.30. The van der Waals surface area contributed by atoms with Crippen LogP contribution in [-0.4, -0.2) is 40.9 Å². The topological polar surface area (TPSA) is 94.1 Å². The third kappa shape index (κ3) is 3.77. The van der Waals surface area contributed by atoms with E-state index in [9.17, 15) is 13.5 Å². The van der Waals surface area contributed by atoms with Crippen molar-refractivity contribution in [1.29, 1.82) is 0 Å². The summed E-state index contributed by atoms with van der Waals surface area (Å²) in [5.41, 5.74) is 1.65. The molecule has 3 rings (SSSR count). The van der Waals surface area contributed by atoms with E-state index in [1.807, 2.05) is 6.07 Å². The van der Waals surface area contributed by atoms with Crippen LogP contribution in [0.5, 0.6) is 17.2 Å². The molecule has 0 saturated heterocycles. The van der Waals surface area contributed by atoms with Crippen molar-refractivity contribution in [3.8, 4) is 17.2 Å². The van der Waals surface area contributed by atoms with Gasteiger partial charge < -0.3 is 19.3 Å². The maximum atomic E-state index is 12.6. The van der Waals surface area contributed by atoms with Crippen molar-refractivity contribution in [2.45, 2.75) is 17.4 Å². The Kier molecular flexibility index (Phi) is 5.36. The second-order valence-corrected chi connectivity index (χ2v) is 7.59. The molecule has 26 heavy (non-hydrogen) atoms. The monoisotopic (exact) mass is 379 g/mol. The fourth-order valence-electron chi connectivity index (χ4n) is 2.79. The van der Waals surface area contributed by atoms with E-state index in [1.165, 1.54) is 32.4 Å². The average Bonchev–Trinajstić information content (AvgIpc) is 3.13. The molecule has 0 saturated carbocycles. The van der Waals surface area contributed by atoms with E-state index in [0.717, 1.165) is 17.7 Å². The van der Waals surface area contributed by atoms with Crippen molar-refractivity contribution >= 4 is 10.0 Å². The van der Waals surface area contributed by atoms with Crippen LogP contribution < -0.4 is 18.9 Å². The second-order valence-electron chi connectivity index (χ2n) is 5.85. The zero-order valence-electron chi connectivity index (χ0n) is 14.6. The Hall–Kier alpha value is -2.29. The van der Waals surface area contributed by atoms with Gasteiger partial charge in [-0.2, -0.15) is 0 Å². The fourth-order valence-corrected chi connectivity index (χ4v) is 3.98. The quantitative estimate of drug-likeness (QED) is 0.760. The van der Waals surface area contributed by atoms with Crippen LogP contribution in [0.15, 0.2) is 41.3 Å². The summed E-state index contributed by atoms with van der Waals surface area (Å²) in [6, 6.07) is 9.80. The smallest absolute Gasteiger partial charge is 0.244 e. The number of hydrogen-bond donors (Lipinski definition) is 2. The molecule has 2 aromatic carbocycles. The minimum atomic E-state index is -3.86. The van der Waals surface area contributed by atoms with Crippen molar-refractivity contribution in [3.63, 3.8) is 0 Å². The summed E-state index contributed by atoms with van der Waals surface area (Å²) in [5, 5.41) is 10.4. The van der Waals surface area contributed by atoms with Gasteiger partial charge in [-0.25, -0.2) is 13.1 Å². The maximum Gasteiger partial charge on any atom is 0.244 e. The molecule has 1 aliphatic heterocycles. The number of hydrogen-bond acceptors (Lipinski definition) is 6. The van der Waals surface area contributed by atoms with Gasteiger partial charge >= 0.3 is 0 Å². The Morgan fingerprint density at radius 3 is 2.73 bits per heavy atom. The molecule has 2 N–H and O–H groups in total. The molecule has 0 aliphatic carbocycles. The van der Waals surface area contributed by atoms with E-state index in [0.29, 0.717) is 17.9 Å². The van der Waals surface area contributed by atoms with Crippen LogP contribution in [-0.2, 0) is 16.4 Å². The molecule has 1 aliphatic rings. The van der Waals surface area contributed by atoms with Crippen LogP contribution >= 0.6 is 0 Å². The minimum absolute atomic E-state index is 0.0182. The van der Waals surface area contributed by atoms with Crippen LogP contribution in [0.2, 0.25) is 0 Å². The lowest BCUT2D eigenvalue weighted by Gasteiger charge is -2.15. The Labute approximate surface area is 152 Å². The van der Waals surface area contributed by atoms with E-state index < -0.39 is 16.1 Å². The molecule has 7 nitrogen and oxygen atoms in total. The van der Waals surface area contributed by atoms with Crippen LogP contribution in [0.3, 0.4) is 0 Å². The molecule has 1 atom stereocenters. The first-order chi connectivity index (χ1) is 12.4. The third-order valence-corrected chi connectivity index (χ3v) is 5.69. The average molecular weight is 379 g/mol. The minimum Gasteiger partial charge on any atom is -0.497 e. The third-order valence-electron chi connectivity index (χ3n) is 4.23. The number of ether oxygens (including phenoxy) is 3. The zero-order valence-corrected chi connectivity index (χ0v) is 15.4. The first-order valence-electron chi connectivity index (χ1n) is 8.10. The molecular weight excluding hydrogens is 358 g/mol. The van der Waals surface area contributed by atoms with Crippen molar-refractivity contribution in [2.24, 2.45) is 0 Å². The summed E-state index contributed by atoms with van der Waals surface area (Å²) >= 11 is 0. The summed E-state index contributed by atoms with van der Waals surface area (Å²) < 4.78 is 43.2. The van der Waals surface area contributed by atoms with E-state index in [1.54, 1.807) is 12.1 Å². The van der Waals surface area contributed by atoms with Gasteiger partial charge in [-0.15, -0.1) is 0 Å². The fraction of sp³-hybridized carbons (Fsp3) is 0.333. The van der Waals surface area contributed by atoms with Crippen LogP contribution in [0.4, 0.5) is 0 Å². The molecule has 140 valence electrons. The molecule has 8 heteroatoms. The molecule has 0 fully saturated rings. The Morgan fingerprint density at radius 1 is 1.19 bits per heavy atom. The number of sulfonamides is 1. The zero-order chi connectivity index (χ0) is 18.7. The van der Waals surface area contributed by atoms with Crippen LogP contribution in [0, 0.1) is 0 Å². The molecule has 1 unspecified atom stereocenters. The summed E-state index contributed by atoms with van der Waals surface area (Å²) in [7, 11) is -0.988. The van der Waals surface area contributed by atoms with Gasteiger partial charge in [-0.3, -0.25) is 0 Å². The number of benzene rings is 2. The van der Waals surface area contributed by atoms with Gasteiger partial charge in [-0.1, -0.05) is 6.07 Å². The molecule has 0 bridgehead atoms. The number of fused-ring (bicyclic) bond motifs is 1. The molecule has 0 radical (unpaired) electrons. The number of methoxy groups -OCH3 is 2. The molecule has 0 amide bonds. The molecule has 0 spiro atoms. The summed E-state index contributed by atoms with van der Waals surface area (Å²) in [4.78, 5) is -0.0182. The Bertz CT molecular complexity index is 897. The Morgan fingerprint density at radius 2 is 2.00 bits per heavy atom. The van der Waals surface area contributed by atoms with Gasteiger partial charge in [0.2, 0.25) is 10.0 Å². The lowest BCUT2D eigenvalue weighted by atomic mass is 10.0. The highest BCUT2D eigenvalue weighted by molar-refractivity contribution is 7.89. The van der Waals surface area contributed by atoms with Gasteiger partial charge in [0, 0.05) is 19.0 Å².